The van der Waals surface area contributed by atoms with Crippen LogP contribution >= 0.6 is 22.9 Å². The summed E-state index contributed by atoms with van der Waals surface area (Å²) in [6, 6.07) is 7.76. The number of hydrogen-bond donors (Lipinski definition) is 2. The van der Waals surface area contributed by atoms with Crippen LogP contribution in [-0.2, 0) is 21.5 Å². The zero-order chi connectivity index (χ0) is 24.0. The number of benzene rings is 1. The number of pyridine rings is 1. The van der Waals surface area contributed by atoms with Gasteiger partial charge in [0.2, 0.25) is 5.91 Å². The molecular formula is C25H27ClN4O3S. The number of nitrogens with zero attached hydrogens (tertiary/aromatic N) is 2. The van der Waals surface area contributed by atoms with E-state index in [2.05, 4.69) is 15.6 Å². The quantitative estimate of drug-likeness (QED) is 0.572. The molecule has 2 aliphatic rings. The summed E-state index contributed by atoms with van der Waals surface area (Å²) in [6.07, 6.45) is 1.73. The van der Waals surface area contributed by atoms with Gasteiger partial charge < -0.3 is 20.3 Å². The van der Waals surface area contributed by atoms with E-state index in [0.29, 0.717) is 30.3 Å². The number of ether oxygens (including phenoxy) is 1. The molecule has 5 rings (SSSR count). The highest BCUT2D eigenvalue weighted by Crippen LogP contribution is 2.45. The lowest BCUT2D eigenvalue weighted by molar-refractivity contribution is -0.138. The highest BCUT2D eigenvalue weighted by molar-refractivity contribution is 7.19. The minimum absolute atomic E-state index is 0.0233. The van der Waals surface area contributed by atoms with Crippen LogP contribution in [0.15, 0.2) is 30.5 Å². The lowest BCUT2D eigenvalue weighted by atomic mass is 10.00. The van der Waals surface area contributed by atoms with Crippen LogP contribution in [0.3, 0.4) is 0 Å². The Hall–Kier alpha value is -2.68. The van der Waals surface area contributed by atoms with Gasteiger partial charge in [-0.1, -0.05) is 11.6 Å². The van der Waals surface area contributed by atoms with E-state index < -0.39 is 11.6 Å². The molecule has 0 spiro atoms. The summed E-state index contributed by atoms with van der Waals surface area (Å²) in [5.74, 6) is 0.647. The largest absolute Gasteiger partial charge is 0.479 e. The maximum atomic E-state index is 13.1. The van der Waals surface area contributed by atoms with Gasteiger partial charge in [-0.05, 0) is 38.1 Å². The number of carbonyl (C=O) groups excluding carboxylic acids is 2. The average Bonchev–Trinajstić information content (AvgIpc) is 3.42. The summed E-state index contributed by atoms with van der Waals surface area (Å²) in [7, 11) is 0. The Morgan fingerprint density at radius 1 is 1.24 bits per heavy atom. The van der Waals surface area contributed by atoms with E-state index in [1.54, 1.807) is 17.5 Å². The molecule has 2 N–H and O–H groups in total. The molecule has 9 heteroatoms. The molecule has 34 heavy (non-hydrogen) atoms. The second-order valence-corrected chi connectivity index (χ2v) is 10.8. The van der Waals surface area contributed by atoms with E-state index in [0.717, 1.165) is 44.9 Å². The zero-order valence-corrected chi connectivity index (χ0v) is 21.0. The van der Waals surface area contributed by atoms with E-state index in [9.17, 15) is 9.59 Å². The number of nitrogens with one attached hydrogen (secondary N) is 2. The van der Waals surface area contributed by atoms with Crippen molar-refractivity contribution in [2.75, 3.05) is 26.2 Å². The number of halogens is 1. The first-order chi connectivity index (χ1) is 16.2. The fourth-order valence-electron chi connectivity index (χ4n) is 4.71. The predicted octanol–water partition coefficient (Wildman–Crippen LogP) is 3.72. The van der Waals surface area contributed by atoms with Crippen LogP contribution in [0.25, 0.3) is 21.3 Å². The van der Waals surface area contributed by atoms with E-state index in [1.165, 1.54) is 6.92 Å². The number of amides is 2. The molecule has 178 valence electrons. The Bertz CT molecular complexity index is 1280. The van der Waals surface area contributed by atoms with Crippen LogP contribution in [0, 0.1) is 0 Å². The molecule has 2 aromatic heterocycles. The van der Waals surface area contributed by atoms with Crippen LogP contribution in [0.2, 0.25) is 5.02 Å². The van der Waals surface area contributed by atoms with Gasteiger partial charge in [-0.2, -0.15) is 0 Å². The zero-order valence-electron chi connectivity index (χ0n) is 19.4. The van der Waals surface area contributed by atoms with E-state index in [1.807, 2.05) is 43.0 Å². The summed E-state index contributed by atoms with van der Waals surface area (Å²) in [5.41, 5.74) is 3.07. The SMILES string of the molecule is CC(=O)NC(C)(C)c1cc2nccc(-c3cc(Cl)cc4c3O[C@@H](C(=O)N3CCNCC3)C4)c2s1. The number of fused-ring (bicyclic) bond motifs is 2. The molecule has 2 aliphatic heterocycles. The number of aromatic nitrogens is 1. The van der Waals surface area contributed by atoms with Crippen molar-refractivity contribution in [3.8, 4) is 16.9 Å². The highest BCUT2D eigenvalue weighted by Gasteiger charge is 2.35. The van der Waals surface area contributed by atoms with Gasteiger partial charge in [0.05, 0.1) is 15.8 Å². The molecule has 0 saturated carbocycles. The Kier molecular flexibility index (Phi) is 6.00. The summed E-state index contributed by atoms with van der Waals surface area (Å²) in [6.45, 7) is 8.45. The van der Waals surface area contributed by atoms with Gasteiger partial charge in [0, 0.05) is 72.3 Å². The molecule has 0 aliphatic carbocycles. The van der Waals surface area contributed by atoms with E-state index in [-0.39, 0.29) is 11.8 Å². The van der Waals surface area contributed by atoms with E-state index in [4.69, 9.17) is 16.3 Å². The molecule has 7 nitrogen and oxygen atoms in total. The third-order valence-electron chi connectivity index (χ3n) is 6.31. The van der Waals surface area contributed by atoms with Gasteiger partial charge >= 0.3 is 0 Å². The first-order valence-corrected chi connectivity index (χ1v) is 12.6. The molecule has 0 unspecified atom stereocenters. The fraction of sp³-hybridized carbons (Fsp3) is 0.400. The lowest BCUT2D eigenvalue weighted by Gasteiger charge is -2.29. The number of thiophene rings is 1. The van der Waals surface area contributed by atoms with Gasteiger partial charge in [-0.3, -0.25) is 14.6 Å². The summed E-state index contributed by atoms with van der Waals surface area (Å²) in [5, 5.41) is 6.89. The van der Waals surface area contributed by atoms with Crippen molar-refractivity contribution in [3.63, 3.8) is 0 Å². The second kappa shape index (κ2) is 8.83. The number of piperazine rings is 1. The molecule has 1 atom stereocenters. The van der Waals surface area contributed by atoms with Crippen molar-refractivity contribution in [1.29, 1.82) is 0 Å². The fourth-order valence-corrected chi connectivity index (χ4v) is 6.15. The topological polar surface area (TPSA) is 83.6 Å². The van der Waals surface area contributed by atoms with Crippen LogP contribution in [0.1, 0.15) is 31.2 Å². The number of hydrogen-bond acceptors (Lipinski definition) is 6. The number of rotatable bonds is 4. The van der Waals surface area contributed by atoms with Crippen molar-refractivity contribution < 1.29 is 14.3 Å². The van der Waals surface area contributed by atoms with Crippen LogP contribution in [0.4, 0.5) is 0 Å². The maximum absolute atomic E-state index is 13.1. The minimum atomic E-state index is -0.541. The molecule has 0 radical (unpaired) electrons. The van der Waals surface area contributed by atoms with Crippen molar-refractivity contribution in [1.82, 2.24) is 20.5 Å². The molecule has 2 amide bonds. The monoisotopic (exact) mass is 498 g/mol. The Morgan fingerprint density at radius 2 is 2.00 bits per heavy atom. The normalized spacial score (nSPS) is 18.0. The molecule has 1 aromatic carbocycles. The van der Waals surface area contributed by atoms with Gasteiger partial charge in [0.1, 0.15) is 5.75 Å². The van der Waals surface area contributed by atoms with Crippen LogP contribution in [0.5, 0.6) is 5.75 Å². The molecular weight excluding hydrogens is 472 g/mol. The first-order valence-electron chi connectivity index (χ1n) is 11.4. The summed E-state index contributed by atoms with van der Waals surface area (Å²) < 4.78 is 7.28. The van der Waals surface area contributed by atoms with E-state index >= 15 is 0 Å². The average molecular weight is 499 g/mol. The standard InChI is InChI=1S/C25H27ClN4O3S/c1-14(31)29-25(2,3)21-13-19-23(34-21)17(4-5-28-19)18-12-16(26)10-15-11-20(33-22(15)18)24(32)30-8-6-27-7-9-30/h4-5,10,12-13,20,27H,6-9,11H2,1-3H3,(H,29,31)/t20-/m1/s1. The number of carbonyl (C=O) groups is 2. The highest BCUT2D eigenvalue weighted by atomic mass is 35.5. The molecule has 0 bridgehead atoms. The molecule has 1 fully saturated rings. The third-order valence-corrected chi connectivity index (χ3v) is 8.01. The predicted molar refractivity (Wildman–Crippen MR) is 134 cm³/mol. The van der Waals surface area contributed by atoms with Crippen molar-refractivity contribution in [2.24, 2.45) is 0 Å². The summed E-state index contributed by atoms with van der Waals surface area (Å²) >= 11 is 8.11. The van der Waals surface area contributed by atoms with Crippen LogP contribution in [-0.4, -0.2) is 54.0 Å². The molecule has 1 saturated heterocycles. The van der Waals surface area contributed by atoms with Gasteiger partial charge in [0.15, 0.2) is 6.10 Å². The second-order valence-electron chi connectivity index (χ2n) is 9.32. The van der Waals surface area contributed by atoms with Gasteiger partial charge in [-0.15, -0.1) is 11.3 Å². The Morgan fingerprint density at radius 3 is 2.74 bits per heavy atom. The van der Waals surface area contributed by atoms with Crippen molar-refractivity contribution in [3.05, 3.63) is 45.9 Å². The lowest BCUT2D eigenvalue weighted by Crippen LogP contribution is -2.50. The van der Waals surface area contributed by atoms with Gasteiger partial charge in [-0.25, -0.2) is 0 Å². The molecule has 4 heterocycles. The minimum Gasteiger partial charge on any atom is -0.479 e. The third kappa shape index (κ3) is 4.26. The van der Waals surface area contributed by atoms with Crippen molar-refractivity contribution >= 4 is 45.0 Å². The maximum Gasteiger partial charge on any atom is 0.264 e. The Balaban J connectivity index is 1.53. The Labute approximate surface area is 207 Å². The van der Waals surface area contributed by atoms with Crippen LogP contribution < -0.4 is 15.4 Å². The van der Waals surface area contributed by atoms with Gasteiger partial charge in [0.25, 0.3) is 5.91 Å². The first kappa shape index (κ1) is 23.1. The smallest absolute Gasteiger partial charge is 0.264 e. The van der Waals surface area contributed by atoms with Crippen molar-refractivity contribution in [2.45, 2.75) is 38.8 Å². The molecule has 3 aromatic rings. The summed E-state index contributed by atoms with van der Waals surface area (Å²) in [4.78, 5) is 32.3.